The van der Waals surface area contributed by atoms with E-state index in [1.165, 1.54) is 0 Å². The number of hydrogen-bond acceptors (Lipinski definition) is 3. The van der Waals surface area contributed by atoms with Crippen LogP contribution < -0.4 is 11.1 Å². The zero-order valence-electron chi connectivity index (χ0n) is 13.5. The molecule has 1 aromatic heterocycles. The summed E-state index contributed by atoms with van der Waals surface area (Å²) in [6, 6.07) is 10.1. The van der Waals surface area contributed by atoms with E-state index in [0.717, 1.165) is 29.3 Å². The Morgan fingerprint density at radius 2 is 1.96 bits per heavy atom. The second-order valence-electron chi connectivity index (χ2n) is 5.67. The van der Waals surface area contributed by atoms with Crippen molar-refractivity contribution in [2.75, 3.05) is 6.54 Å². The fourth-order valence-corrected chi connectivity index (χ4v) is 2.51. The highest BCUT2D eigenvalue weighted by atomic mass is 35.5. The van der Waals surface area contributed by atoms with Crippen LogP contribution in [-0.2, 0) is 11.2 Å². The summed E-state index contributed by atoms with van der Waals surface area (Å²) < 4.78 is 0. The summed E-state index contributed by atoms with van der Waals surface area (Å²) in [5.41, 5.74) is 7.37. The predicted molar refractivity (Wildman–Crippen MR) is 100 cm³/mol. The molecule has 0 saturated carbocycles. The Balaban J connectivity index is 0.00000242. The van der Waals surface area contributed by atoms with Crippen molar-refractivity contribution in [1.29, 1.82) is 0 Å². The van der Waals surface area contributed by atoms with Crippen LogP contribution in [0.3, 0.4) is 0 Å². The van der Waals surface area contributed by atoms with Gasteiger partial charge in [-0.2, -0.15) is 0 Å². The number of nitrogens with zero attached hydrogens (tertiary/aromatic N) is 1. The molecule has 4 nitrogen and oxygen atoms in total. The summed E-state index contributed by atoms with van der Waals surface area (Å²) >= 11 is 0. The van der Waals surface area contributed by atoms with Gasteiger partial charge in [0.05, 0.1) is 11.1 Å². The fourth-order valence-electron chi connectivity index (χ4n) is 2.51. The first kappa shape index (κ1) is 21.6. The molecule has 2 rings (SSSR count). The monoisotopic (exact) mass is 357 g/mol. The summed E-state index contributed by atoms with van der Waals surface area (Å²) in [7, 11) is 0. The number of fused-ring (bicyclic) bond motifs is 1. The van der Waals surface area contributed by atoms with Crippen LogP contribution in [0.5, 0.6) is 0 Å². The minimum Gasteiger partial charge on any atom is -0.354 e. The fraction of sp³-hybridized carbons (Fsp3) is 0.412. The van der Waals surface area contributed by atoms with Crippen LogP contribution >= 0.6 is 24.8 Å². The van der Waals surface area contributed by atoms with E-state index in [4.69, 9.17) is 5.73 Å². The van der Waals surface area contributed by atoms with Gasteiger partial charge in [0.2, 0.25) is 5.91 Å². The van der Waals surface area contributed by atoms with Gasteiger partial charge in [-0.15, -0.1) is 24.8 Å². The van der Waals surface area contributed by atoms with Crippen LogP contribution in [0.15, 0.2) is 36.5 Å². The molecule has 0 saturated heterocycles. The van der Waals surface area contributed by atoms with Crippen LogP contribution in [0.1, 0.15) is 32.3 Å². The molecule has 0 radical (unpaired) electrons. The first-order valence-electron chi connectivity index (χ1n) is 7.44. The third-order valence-corrected chi connectivity index (χ3v) is 3.68. The number of para-hydroxylation sites is 1. The van der Waals surface area contributed by atoms with E-state index in [1.54, 1.807) is 13.1 Å². The van der Waals surface area contributed by atoms with E-state index in [0.29, 0.717) is 13.0 Å². The molecule has 1 aromatic carbocycles. The summed E-state index contributed by atoms with van der Waals surface area (Å²) in [5, 5.41) is 4.05. The molecule has 1 unspecified atom stereocenters. The van der Waals surface area contributed by atoms with Crippen molar-refractivity contribution in [3.05, 3.63) is 42.1 Å². The Bertz CT molecular complexity index is 627. The molecule has 1 atom stereocenters. The summed E-state index contributed by atoms with van der Waals surface area (Å²) in [5.74, 6) is -0.0856. The van der Waals surface area contributed by atoms with Crippen molar-refractivity contribution in [2.24, 2.45) is 5.73 Å². The maximum Gasteiger partial charge on any atom is 0.239 e. The van der Waals surface area contributed by atoms with Gasteiger partial charge in [0.15, 0.2) is 0 Å². The van der Waals surface area contributed by atoms with E-state index >= 15 is 0 Å². The van der Waals surface area contributed by atoms with Gasteiger partial charge in [0, 0.05) is 18.1 Å². The van der Waals surface area contributed by atoms with Crippen molar-refractivity contribution in [1.82, 2.24) is 10.3 Å². The standard InChI is InChI=1S/C17H23N3O.2ClH/c1-3-10-17(2,18)16(21)20-12-9-14-7-4-6-13-8-5-11-19-15(13)14;;/h4-8,11H,3,9-10,12,18H2,1-2H3,(H,20,21);2*1H. The van der Waals surface area contributed by atoms with Gasteiger partial charge in [0.1, 0.15) is 0 Å². The number of rotatable bonds is 6. The Labute approximate surface area is 150 Å². The Morgan fingerprint density at radius 1 is 1.26 bits per heavy atom. The lowest BCUT2D eigenvalue weighted by Crippen LogP contribution is -2.51. The molecule has 0 spiro atoms. The lowest BCUT2D eigenvalue weighted by atomic mass is 9.96. The Kier molecular flexibility index (Phi) is 9.13. The van der Waals surface area contributed by atoms with Crippen LogP contribution in [0.25, 0.3) is 10.9 Å². The number of halogens is 2. The minimum atomic E-state index is -0.786. The van der Waals surface area contributed by atoms with Crippen molar-refractivity contribution in [3.63, 3.8) is 0 Å². The average molecular weight is 358 g/mol. The minimum absolute atomic E-state index is 0. The highest BCUT2D eigenvalue weighted by molar-refractivity contribution is 5.86. The molecule has 0 aliphatic carbocycles. The molecule has 23 heavy (non-hydrogen) atoms. The largest absolute Gasteiger partial charge is 0.354 e. The number of pyridine rings is 1. The summed E-state index contributed by atoms with van der Waals surface area (Å²) in [6.45, 7) is 4.39. The predicted octanol–water partition coefficient (Wildman–Crippen LogP) is 3.25. The van der Waals surface area contributed by atoms with Crippen LogP contribution in [0, 0.1) is 0 Å². The lowest BCUT2D eigenvalue weighted by Gasteiger charge is -2.22. The Morgan fingerprint density at radius 3 is 2.65 bits per heavy atom. The SMILES string of the molecule is CCCC(C)(N)C(=O)NCCc1cccc2cccnc12.Cl.Cl. The molecular formula is C17H25Cl2N3O. The molecule has 0 bridgehead atoms. The smallest absolute Gasteiger partial charge is 0.239 e. The summed E-state index contributed by atoms with van der Waals surface area (Å²) in [6.07, 6.45) is 4.13. The van der Waals surface area contributed by atoms with Gasteiger partial charge in [-0.25, -0.2) is 0 Å². The Hall–Kier alpha value is -1.36. The van der Waals surface area contributed by atoms with Crippen molar-refractivity contribution in [2.45, 2.75) is 38.6 Å². The molecule has 1 amide bonds. The van der Waals surface area contributed by atoms with E-state index in [9.17, 15) is 4.79 Å². The van der Waals surface area contributed by atoms with Crippen molar-refractivity contribution in [3.8, 4) is 0 Å². The average Bonchev–Trinajstić information content (AvgIpc) is 2.47. The van der Waals surface area contributed by atoms with Crippen LogP contribution in [-0.4, -0.2) is 23.0 Å². The highest BCUT2D eigenvalue weighted by Gasteiger charge is 2.26. The maximum absolute atomic E-state index is 12.1. The number of hydrogen-bond donors (Lipinski definition) is 2. The number of aromatic nitrogens is 1. The normalized spacial score (nSPS) is 12.7. The van der Waals surface area contributed by atoms with E-state index in [2.05, 4.69) is 16.4 Å². The third-order valence-electron chi connectivity index (χ3n) is 3.68. The molecule has 128 valence electrons. The third kappa shape index (κ3) is 5.65. The van der Waals surface area contributed by atoms with Gasteiger partial charge in [-0.3, -0.25) is 9.78 Å². The number of nitrogens with one attached hydrogen (secondary N) is 1. The lowest BCUT2D eigenvalue weighted by molar-refractivity contribution is -0.126. The van der Waals surface area contributed by atoms with Gasteiger partial charge in [0.25, 0.3) is 0 Å². The first-order valence-corrected chi connectivity index (χ1v) is 7.44. The summed E-state index contributed by atoms with van der Waals surface area (Å²) in [4.78, 5) is 16.5. The molecule has 0 aliphatic rings. The van der Waals surface area contributed by atoms with E-state index in [-0.39, 0.29) is 30.7 Å². The number of nitrogens with two attached hydrogens (primary N) is 1. The van der Waals surface area contributed by atoms with E-state index in [1.807, 2.05) is 31.2 Å². The highest BCUT2D eigenvalue weighted by Crippen LogP contribution is 2.16. The van der Waals surface area contributed by atoms with Gasteiger partial charge in [-0.05, 0) is 31.4 Å². The van der Waals surface area contributed by atoms with Crippen molar-refractivity contribution < 1.29 is 4.79 Å². The zero-order chi connectivity index (χ0) is 15.3. The second-order valence-corrected chi connectivity index (χ2v) is 5.67. The zero-order valence-corrected chi connectivity index (χ0v) is 15.2. The molecule has 3 N–H and O–H groups in total. The van der Waals surface area contributed by atoms with Gasteiger partial charge >= 0.3 is 0 Å². The van der Waals surface area contributed by atoms with Gasteiger partial charge in [-0.1, -0.05) is 37.6 Å². The number of carbonyl (C=O) groups is 1. The van der Waals surface area contributed by atoms with Crippen molar-refractivity contribution >= 4 is 41.6 Å². The molecule has 0 fully saturated rings. The number of amides is 1. The molecule has 6 heteroatoms. The quantitative estimate of drug-likeness (QED) is 0.833. The van der Waals surface area contributed by atoms with Crippen LogP contribution in [0.4, 0.5) is 0 Å². The number of carbonyl (C=O) groups excluding carboxylic acids is 1. The molecular weight excluding hydrogens is 333 g/mol. The molecule has 1 heterocycles. The van der Waals surface area contributed by atoms with E-state index < -0.39 is 5.54 Å². The second kappa shape index (κ2) is 9.71. The maximum atomic E-state index is 12.1. The topological polar surface area (TPSA) is 68.0 Å². The first-order chi connectivity index (χ1) is 10.0. The number of benzene rings is 1. The molecule has 2 aromatic rings. The van der Waals surface area contributed by atoms with Gasteiger partial charge < -0.3 is 11.1 Å². The van der Waals surface area contributed by atoms with Crippen LogP contribution in [0.2, 0.25) is 0 Å². The molecule has 0 aliphatic heterocycles.